The Hall–Kier alpha value is -1.03. The van der Waals surface area contributed by atoms with Crippen LogP contribution in [0.25, 0.3) is 0 Å². The smallest absolute Gasteiger partial charge is 0.0629 e. The van der Waals surface area contributed by atoms with Crippen LogP contribution in [0, 0.1) is 13.8 Å². The molecule has 1 atom stereocenters. The molecule has 0 radical (unpaired) electrons. The molecule has 0 aliphatic carbocycles. The summed E-state index contributed by atoms with van der Waals surface area (Å²) in [5, 5.41) is 15.7. The predicted octanol–water partition coefficient (Wildman–Crippen LogP) is 3.49. The number of aliphatic hydroxyl groups is 1. The number of aliphatic hydroxyl groups excluding tert-OH is 1. The Morgan fingerprint density at radius 1 is 1.25 bits per heavy atom. The highest BCUT2D eigenvalue weighted by molar-refractivity contribution is 6.42. The molecule has 0 aliphatic rings. The fourth-order valence-electron chi connectivity index (χ4n) is 2.38. The number of benzene rings is 1. The van der Waals surface area contributed by atoms with Crippen molar-refractivity contribution in [3.63, 3.8) is 0 Å². The van der Waals surface area contributed by atoms with Gasteiger partial charge in [0.2, 0.25) is 0 Å². The normalized spacial score (nSPS) is 12.7. The Morgan fingerprint density at radius 2 is 1.95 bits per heavy atom. The van der Waals surface area contributed by atoms with Gasteiger partial charge in [-0.15, -0.1) is 0 Å². The van der Waals surface area contributed by atoms with E-state index in [-0.39, 0.29) is 0 Å². The Labute approximate surface area is 129 Å². The zero-order chi connectivity index (χ0) is 14.9. The summed E-state index contributed by atoms with van der Waals surface area (Å²) in [6.45, 7) is 3.97. The van der Waals surface area contributed by atoms with Gasteiger partial charge >= 0.3 is 0 Å². The highest BCUT2D eigenvalue weighted by Crippen LogP contribution is 2.27. The summed E-state index contributed by atoms with van der Waals surface area (Å²) >= 11 is 12.1. The van der Waals surface area contributed by atoms with Crippen molar-refractivity contribution in [3.05, 3.63) is 50.8 Å². The summed E-state index contributed by atoms with van der Waals surface area (Å²) in [4.78, 5) is 0. The molecule has 1 heterocycles. The summed E-state index contributed by atoms with van der Waals surface area (Å²) in [6, 6.07) is 5.48. The highest BCUT2D eigenvalue weighted by Gasteiger charge is 2.16. The van der Waals surface area contributed by atoms with Crippen LogP contribution in [0.3, 0.4) is 0 Å². The third kappa shape index (κ3) is 3.17. The number of nitrogens with zero attached hydrogens (tertiary/aromatic N) is 2. The lowest BCUT2D eigenvalue weighted by atomic mass is 10.00. The van der Waals surface area contributed by atoms with Crippen LogP contribution >= 0.6 is 23.2 Å². The molecule has 0 saturated carbocycles. The SMILES string of the molecule is Cc1nn(C)c(C)c1CC(O)Cc1cccc(Cl)c1Cl. The average Bonchev–Trinajstić information content (AvgIpc) is 2.62. The first kappa shape index (κ1) is 15.4. The second kappa shape index (κ2) is 6.17. The van der Waals surface area contributed by atoms with Gasteiger partial charge in [0.25, 0.3) is 0 Å². The minimum absolute atomic E-state index is 0.479. The van der Waals surface area contributed by atoms with Crippen molar-refractivity contribution in [1.82, 2.24) is 9.78 Å². The number of halogens is 2. The van der Waals surface area contributed by atoms with Crippen molar-refractivity contribution in [3.8, 4) is 0 Å². The second-order valence-electron chi connectivity index (χ2n) is 5.05. The van der Waals surface area contributed by atoms with E-state index < -0.39 is 6.10 Å². The number of aryl methyl sites for hydroxylation is 2. The van der Waals surface area contributed by atoms with Crippen LogP contribution in [0.1, 0.15) is 22.5 Å². The minimum Gasteiger partial charge on any atom is -0.392 e. The maximum Gasteiger partial charge on any atom is 0.0629 e. The van der Waals surface area contributed by atoms with Gasteiger partial charge in [0.15, 0.2) is 0 Å². The number of rotatable bonds is 4. The molecular weight excluding hydrogens is 295 g/mol. The molecule has 0 spiro atoms. The van der Waals surface area contributed by atoms with E-state index in [4.69, 9.17) is 23.2 Å². The van der Waals surface area contributed by atoms with Gasteiger partial charge in [0, 0.05) is 25.6 Å². The Balaban J connectivity index is 2.13. The highest BCUT2D eigenvalue weighted by atomic mass is 35.5. The topological polar surface area (TPSA) is 38.0 Å². The molecule has 0 saturated heterocycles. The lowest BCUT2D eigenvalue weighted by Crippen LogP contribution is -2.15. The van der Waals surface area contributed by atoms with E-state index in [1.54, 1.807) is 6.07 Å². The number of hydrogen-bond donors (Lipinski definition) is 1. The fourth-order valence-corrected chi connectivity index (χ4v) is 2.78. The first-order valence-corrected chi connectivity index (χ1v) is 7.25. The summed E-state index contributed by atoms with van der Waals surface area (Å²) in [5.41, 5.74) is 4.00. The van der Waals surface area contributed by atoms with E-state index >= 15 is 0 Å². The average molecular weight is 313 g/mol. The lowest BCUT2D eigenvalue weighted by molar-refractivity contribution is 0.175. The summed E-state index contributed by atoms with van der Waals surface area (Å²) in [5.74, 6) is 0. The van der Waals surface area contributed by atoms with Gasteiger partial charge in [-0.3, -0.25) is 4.68 Å². The van der Waals surface area contributed by atoms with Gasteiger partial charge in [-0.1, -0.05) is 35.3 Å². The molecule has 2 aromatic rings. The van der Waals surface area contributed by atoms with E-state index in [0.717, 1.165) is 22.5 Å². The van der Waals surface area contributed by atoms with Crippen LogP contribution in [-0.4, -0.2) is 21.0 Å². The Bertz CT molecular complexity index is 623. The lowest BCUT2D eigenvalue weighted by Gasteiger charge is -2.13. The molecule has 3 nitrogen and oxygen atoms in total. The summed E-state index contributed by atoms with van der Waals surface area (Å²) < 4.78 is 1.84. The summed E-state index contributed by atoms with van der Waals surface area (Å²) in [6.07, 6.45) is 0.536. The molecule has 0 bridgehead atoms. The summed E-state index contributed by atoms with van der Waals surface area (Å²) in [7, 11) is 1.91. The fraction of sp³-hybridized carbons (Fsp3) is 0.400. The number of hydrogen-bond acceptors (Lipinski definition) is 2. The van der Waals surface area contributed by atoms with Crippen molar-refractivity contribution < 1.29 is 5.11 Å². The Kier molecular flexibility index (Phi) is 4.74. The molecule has 1 N–H and O–H groups in total. The molecule has 5 heteroatoms. The van der Waals surface area contributed by atoms with Crippen molar-refractivity contribution in [1.29, 1.82) is 0 Å². The molecule has 2 rings (SSSR count). The van der Waals surface area contributed by atoms with Gasteiger partial charge in [-0.05, 0) is 31.0 Å². The van der Waals surface area contributed by atoms with E-state index in [9.17, 15) is 5.11 Å². The molecule has 20 heavy (non-hydrogen) atoms. The van der Waals surface area contributed by atoms with Crippen LogP contribution in [-0.2, 0) is 19.9 Å². The van der Waals surface area contributed by atoms with Crippen LogP contribution in [0.4, 0.5) is 0 Å². The molecule has 108 valence electrons. The van der Waals surface area contributed by atoms with Gasteiger partial charge < -0.3 is 5.11 Å². The van der Waals surface area contributed by atoms with Crippen molar-refractivity contribution >= 4 is 23.2 Å². The van der Waals surface area contributed by atoms with Crippen LogP contribution < -0.4 is 0 Å². The minimum atomic E-state index is -0.507. The molecule has 0 amide bonds. The zero-order valence-corrected chi connectivity index (χ0v) is 13.3. The largest absolute Gasteiger partial charge is 0.392 e. The maximum absolute atomic E-state index is 10.3. The van der Waals surface area contributed by atoms with E-state index in [1.807, 2.05) is 37.7 Å². The predicted molar refractivity (Wildman–Crippen MR) is 82.6 cm³/mol. The molecule has 0 fully saturated rings. The first-order chi connectivity index (χ1) is 9.40. The van der Waals surface area contributed by atoms with Gasteiger partial charge in [-0.2, -0.15) is 5.10 Å². The maximum atomic E-state index is 10.3. The quantitative estimate of drug-likeness (QED) is 0.938. The van der Waals surface area contributed by atoms with E-state index in [1.165, 1.54) is 0 Å². The van der Waals surface area contributed by atoms with Crippen molar-refractivity contribution in [2.24, 2.45) is 7.05 Å². The van der Waals surface area contributed by atoms with Gasteiger partial charge in [0.1, 0.15) is 0 Å². The third-order valence-corrected chi connectivity index (χ3v) is 4.44. The van der Waals surface area contributed by atoms with Crippen LogP contribution in [0.5, 0.6) is 0 Å². The van der Waals surface area contributed by atoms with E-state index in [2.05, 4.69) is 5.10 Å². The zero-order valence-electron chi connectivity index (χ0n) is 11.8. The number of aromatic nitrogens is 2. The third-order valence-electron chi connectivity index (χ3n) is 3.59. The van der Waals surface area contributed by atoms with E-state index in [0.29, 0.717) is 22.9 Å². The first-order valence-electron chi connectivity index (χ1n) is 6.50. The molecule has 1 unspecified atom stereocenters. The standard InChI is InChI=1S/C15H18Cl2N2O/c1-9-13(10(2)19(3)18-9)8-12(20)7-11-5-4-6-14(16)15(11)17/h4-6,12,20H,7-8H2,1-3H3. The molecular formula is C15H18Cl2N2O. The Morgan fingerprint density at radius 3 is 2.55 bits per heavy atom. The van der Waals surface area contributed by atoms with Crippen molar-refractivity contribution in [2.45, 2.75) is 32.8 Å². The van der Waals surface area contributed by atoms with Crippen LogP contribution in [0.15, 0.2) is 18.2 Å². The van der Waals surface area contributed by atoms with Gasteiger partial charge in [-0.25, -0.2) is 0 Å². The monoisotopic (exact) mass is 312 g/mol. The molecule has 1 aromatic heterocycles. The molecule has 0 aliphatic heterocycles. The van der Waals surface area contributed by atoms with Crippen LogP contribution in [0.2, 0.25) is 10.0 Å². The van der Waals surface area contributed by atoms with Crippen molar-refractivity contribution in [2.75, 3.05) is 0 Å². The molecule has 1 aromatic carbocycles. The van der Waals surface area contributed by atoms with Gasteiger partial charge in [0.05, 0.1) is 21.8 Å². The second-order valence-corrected chi connectivity index (χ2v) is 5.83.